The lowest BCUT2D eigenvalue weighted by Gasteiger charge is -2.42. The fourth-order valence-electron chi connectivity index (χ4n) is 5.12. The predicted octanol–water partition coefficient (Wildman–Crippen LogP) is 5.84. The van der Waals surface area contributed by atoms with E-state index in [1.165, 1.54) is 11.4 Å². The van der Waals surface area contributed by atoms with Crippen LogP contribution in [0.4, 0.5) is 5.69 Å². The number of sulfonamides is 1. The molecule has 0 aliphatic rings. The van der Waals surface area contributed by atoms with Crippen LogP contribution in [-0.2, 0) is 29.8 Å². The molecule has 0 unspecified atom stereocenters. The molecule has 0 saturated heterocycles. The van der Waals surface area contributed by atoms with Crippen molar-refractivity contribution < 1.29 is 27.2 Å². The Labute approximate surface area is 289 Å². The number of hydrogen-bond donors (Lipinski definition) is 3. The van der Waals surface area contributed by atoms with Crippen molar-refractivity contribution in [2.75, 3.05) is 11.4 Å². The van der Waals surface area contributed by atoms with Crippen LogP contribution in [-0.4, -0.2) is 59.7 Å². The first-order chi connectivity index (χ1) is 22.1. The molecule has 2 aromatic carbocycles. The van der Waals surface area contributed by atoms with Gasteiger partial charge in [0.1, 0.15) is 6.04 Å². The van der Waals surface area contributed by atoms with Crippen molar-refractivity contribution in [3.05, 3.63) is 65.7 Å². The summed E-state index contributed by atoms with van der Waals surface area (Å²) in [4.78, 5) is 39.2. The van der Waals surface area contributed by atoms with Gasteiger partial charge < -0.3 is 20.8 Å². The third-order valence-electron chi connectivity index (χ3n) is 9.13. The highest BCUT2D eigenvalue weighted by Gasteiger charge is 2.42. The molecular formula is C36H58N4O6SSi. The summed E-state index contributed by atoms with van der Waals surface area (Å²) in [6.45, 7) is 20.2. The number of nitrogens with one attached hydrogen (secondary N) is 2. The van der Waals surface area contributed by atoms with Crippen LogP contribution in [0.1, 0.15) is 84.2 Å². The summed E-state index contributed by atoms with van der Waals surface area (Å²) in [5.41, 5.74) is 6.90. The van der Waals surface area contributed by atoms with Crippen molar-refractivity contribution in [2.24, 2.45) is 23.5 Å². The summed E-state index contributed by atoms with van der Waals surface area (Å²) in [7, 11) is -4.63. The largest absolute Gasteiger partial charge is 0.412 e. The Kier molecular flexibility index (Phi) is 14.4. The standard InChI is InChI=1S/C36H58N4O6SSi/c1-24(2)20-30(31(46-48(10,11)36(6,7)8)21-26(5)34(42)39-32(25(3)4)33(37)41)38-35(43)28-18-15-19-29(22-28)40(9)47(44,45)23-27-16-13-12-14-17-27/h12-19,22,24-26,30-32H,20-21,23H2,1-11H3,(H2,37,41)(H,38,43)(H,39,42)/t26-,30+,31+,32+/m1/s1. The van der Waals surface area contributed by atoms with Crippen molar-refractivity contribution >= 4 is 41.7 Å². The van der Waals surface area contributed by atoms with E-state index in [2.05, 4.69) is 58.3 Å². The van der Waals surface area contributed by atoms with Gasteiger partial charge in [0.05, 0.1) is 23.6 Å². The third kappa shape index (κ3) is 11.7. The van der Waals surface area contributed by atoms with Gasteiger partial charge in [-0.3, -0.25) is 18.7 Å². The highest BCUT2D eigenvalue weighted by atomic mass is 32.2. The number of amides is 3. The van der Waals surface area contributed by atoms with Crippen molar-refractivity contribution in [2.45, 2.75) is 110 Å². The van der Waals surface area contributed by atoms with Crippen molar-refractivity contribution in [3.8, 4) is 0 Å². The Morgan fingerprint density at radius 3 is 2.04 bits per heavy atom. The minimum absolute atomic E-state index is 0.137. The van der Waals surface area contributed by atoms with Crippen LogP contribution >= 0.6 is 0 Å². The van der Waals surface area contributed by atoms with Gasteiger partial charge in [0, 0.05) is 18.5 Å². The van der Waals surface area contributed by atoms with Gasteiger partial charge in [-0.05, 0) is 66.6 Å². The molecule has 2 aromatic rings. The lowest BCUT2D eigenvalue weighted by molar-refractivity contribution is -0.131. The first kappa shape index (κ1) is 40.9. The highest BCUT2D eigenvalue weighted by molar-refractivity contribution is 7.92. The molecule has 0 heterocycles. The molecule has 0 aliphatic carbocycles. The van der Waals surface area contributed by atoms with Crippen LogP contribution < -0.4 is 20.7 Å². The monoisotopic (exact) mass is 702 g/mol. The fourth-order valence-corrected chi connectivity index (χ4v) is 7.73. The van der Waals surface area contributed by atoms with Crippen LogP contribution in [0.5, 0.6) is 0 Å². The number of carbonyl (C=O) groups is 3. The number of carbonyl (C=O) groups excluding carboxylic acids is 3. The lowest BCUT2D eigenvalue weighted by Crippen LogP contribution is -2.54. The molecule has 0 radical (unpaired) electrons. The van der Waals surface area contributed by atoms with Gasteiger partial charge >= 0.3 is 0 Å². The van der Waals surface area contributed by atoms with Crippen molar-refractivity contribution in [3.63, 3.8) is 0 Å². The van der Waals surface area contributed by atoms with Gasteiger partial charge in [-0.2, -0.15) is 0 Å². The molecule has 4 atom stereocenters. The fraction of sp³-hybridized carbons (Fsp3) is 0.583. The Morgan fingerprint density at radius 1 is 0.917 bits per heavy atom. The molecule has 0 saturated carbocycles. The Hall–Kier alpha value is -3.22. The SMILES string of the molecule is CC(C)C[C@H](NC(=O)c1cccc(N(C)S(=O)(=O)Cc2ccccc2)c1)[C@H](C[C@@H](C)C(=O)N[C@H](C(N)=O)C(C)C)O[Si](C)(C)C(C)(C)C. The first-order valence-electron chi connectivity index (χ1n) is 16.7. The van der Waals surface area contributed by atoms with E-state index >= 15 is 0 Å². The normalized spacial score (nSPS) is 15.0. The Balaban J connectivity index is 2.42. The summed E-state index contributed by atoms with van der Waals surface area (Å²) < 4.78 is 34.6. The zero-order chi connectivity index (χ0) is 36.6. The molecule has 0 fully saturated rings. The summed E-state index contributed by atoms with van der Waals surface area (Å²) >= 11 is 0. The second-order valence-electron chi connectivity index (χ2n) is 15.2. The van der Waals surface area contributed by atoms with E-state index in [1.54, 1.807) is 55.5 Å². The maximum Gasteiger partial charge on any atom is 0.251 e. The molecular weight excluding hydrogens is 645 g/mol. The summed E-state index contributed by atoms with van der Waals surface area (Å²) in [5, 5.41) is 5.86. The second-order valence-corrected chi connectivity index (χ2v) is 21.9. The Morgan fingerprint density at radius 2 is 1.52 bits per heavy atom. The minimum atomic E-state index is -3.72. The predicted molar refractivity (Wildman–Crippen MR) is 196 cm³/mol. The highest BCUT2D eigenvalue weighted by Crippen LogP contribution is 2.39. The third-order valence-corrected chi connectivity index (χ3v) is 15.4. The van der Waals surface area contributed by atoms with Gasteiger partial charge in [0.15, 0.2) is 8.32 Å². The van der Waals surface area contributed by atoms with E-state index in [0.29, 0.717) is 29.7 Å². The number of hydrogen-bond acceptors (Lipinski definition) is 6. The summed E-state index contributed by atoms with van der Waals surface area (Å²) in [6.07, 6.45) is 0.377. The minimum Gasteiger partial charge on any atom is -0.412 e. The Bertz CT molecular complexity index is 1490. The molecule has 12 heteroatoms. The number of primary amides is 1. The van der Waals surface area contributed by atoms with E-state index < -0.39 is 48.4 Å². The van der Waals surface area contributed by atoms with E-state index in [-0.39, 0.29) is 34.4 Å². The average molecular weight is 703 g/mol. The van der Waals surface area contributed by atoms with Gasteiger partial charge in [0.25, 0.3) is 5.91 Å². The van der Waals surface area contributed by atoms with Crippen LogP contribution in [0, 0.1) is 17.8 Å². The van der Waals surface area contributed by atoms with Crippen LogP contribution in [0.2, 0.25) is 18.1 Å². The van der Waals surface area contributed by atoms with Gasteiger partial charge in [-0.25, -0.2) is 8.42 Å². The summed E-state index contributed by atoms with van der Waals surface area (Å²) in [5.74, 6) is -1.97. The van der Waals surface area contributed by atoms with Crippen molar-refractivity contribution in [1.29, 1.82) is 0 Å². The average Bonchev–Trinajstić information content (AvgIpc) is 2.97. The molecule has 0 aliphatic heterocycles. The maximum atomic E-state index is 13.9. The van der Waals surface area contributed by atoms with E-state index in [4.69, 9.17) is 10.2 Å². The molecule has 2 rings (SSSR count). The van der Waals surface area contributed by atoms with E-state index in [1.807, 2.05) is 19.9 Å². The zero-order valence-electron chi connectivity index (χ0n) is 30.7. The zero-order valence-corrected chi connectivity index (χ0v) is 32.5. The van der Waals surface area contributed by atoms with Crippen molar-refractivity contribution in [1.82, 2.24) is 10.6 Å². The molecule has 3 amide bonds. The van der Waals surface area contributed by atoms with Crippen LogP contribution in [0.25, 0.3) is 0 Å². The van der Waals surface area contributed by atoms with Gasteiger partial charge in [0.2, 0.25) is 21.8 Å². The molecule has 268 valence electrons. The van der Waals surface area contributed by atoms with Crippen LogP contribution in [0.3, 0.4) is 0 Å². The van der Waals surface area contributed by atoms with Gasteiger partial charge in [-0.1, -0.05) is 91.8 Å². The summed E-state index contributed by atoms with van der Waals surface area (Å²) in [6, 6.07) is 14.2. The number of nitrogens with zero attached hydrogens (tertiary/aromatic N) is 1. The van der Waals surface area contributed by atoms with E-state index in [0.717, 1.165) is 0 Å². The molecule has 48 heavy (non-hydrogen) atoms. The molecule has 10 nitrogen and oxygen atoms in total. The van der Waals surface area contributed by atoms with Gasteiger partial charge in [-0.15, -0.1) is 0 Å². The van der Waals surface area contributed by atoms with Crippen LogP contribution in [0.15, 0.2) is 54.6 Å². The quantitative estimate of drug-likeness (QED) is 0.177. The number of anilines is 1. The molecule has 0 bridgehead atoms. The topological polar surface area (TPSA) is 148 Å². The second kappa shape index (κ2) is 16.9. The van der Waals surface area contributed by atoms with E-state index in [9.17, 15) is 22.8 Å². The lowest BCUT2D eigenvalue weighted by atomic mass is 9.91. The number of rotatable bonds is 17. The molecule has 4 N–H and O–H groups in total. The molecule has 0 spiro atoms. The molecule has 0 aromatic heterocycles. The number of nitrogens with two attached hydrogens (primary N) is 1. The maximum absolute atomic E-state index is 13.9. The number of benzene rings is 2. The first-order valence-corrected chi connectivity index (χ1v) is 21.3. The smallest absolute Gasteiger partial charge is 0.251 e.